The zero-order valence-corrected chi connectivity index (χ0v) is 32.6. The molecule has 0 aromatic carbocycles. The molecule has 0 saturated heterocycles. The smallest absolute Gasteiger partial charge is 0.407 e. The van der Waals surface area contributed by atoms with Crippen molar-refractivity contribution in [2.45, 2.75) is 180 Å². The fourth-order valence-corrected chi connectivity index (χ4v) is 6.09. The minimum absolute atomic E-state index is 0. The van der Waals surface area contributed by atoms with E-state index in [9.17, 15) is 19.2 Å². The van der Waals surface area contributed by atoms with Gasteiger partial charge in [0.2, 0.25) is 11.8 Å². The first-order valence-corrected chi connectivity index (χ1v) is 17.6. The van der Waals surface area contributed by atoms with E-state index in [1.165, 1.54) is 0 Å². The van der Waals surface area contributed by atoms with E-state index in [-0.39, 0.29) is 48.5 Å². The number of hydrogen-bond donors (Lipinski definition) is 4. The second-order valence-electron chi connectivity index (χ2n) is 15.5. The molecule has 0 atom stereocenters. The molecule has 0 aromatic heterocycles. The van der Waals surface area contributed by atoms with Gasteiger partial charge in [-0.05, 0) is 126 Å². The van der Waals surface area contributed by atoms with Crippen LogP contribution in [0.2, 0.25) is 0 Å². The normalized spacial score (nSPS) is 25.6. The van der Waals surface area contributed by atoms with E-state index < -0.39 is 11.2 Å². The van der Waals surface area contributed by atoms with E-state index in [4.69, 9.17) is 15.2 Å². The summed E-state index contributed by atoms with van der Waals surface area (Å²) in [7, 11) is 5.71. The Bertz CT molecular complexity index is 964. The topological polar surface area (TPSA) is 155 Å². The molecule has 3 saturated carbocycles. The van der Waals surface area contributed by atoms with E-state index in [1.54, 1.807) is 18.7 Å². The van der Waals surface area contributed by atoms with Gasteiger partial charge in [-0.2, -0.15) is 0 Å². The van der Waals surface area contributed by atoms with Gasteiger partial charge >= 0.3 is 12.2 Å². The first kappa shape index (κ1) is 45.7. The molecule has 3 aliphatic rings. The summed E-state index contributed by atoms with van der Waals surface area (Å²) in [6.07, 6.45) is 11.6. The van der Waals surface area contributed by atoms with Gasteiger partial charge in [0.05, 0.1) is 0 Å². The fraction of sp³-hybridized carbons (Fsp3) is 0.886. The average molecular weight is 705 g/mol. The van der Waals surface area contributed by atoms with Gasteiger partial charge in [-0.25, -0.2) is 9.59 Å². The van der Waals surface area contributed by atoms with E-state index in [1.807, 2.05) is 67.6 Å². The molecule has 3 rings (SSSR count). The molecular formula is C35H69ClN6O6. The SMILES string of the molecule is CC(=O)N(C)C1CCC(N)CC1.CC(=O)N(C)C1CCC(NC(=O)OC(C)(C)C)CC1.CNC1CCC(NC(=O)OC(C)(C)C)CC1.Cl. The minimum atomic E-state index is -0.462. The maximum Gasteiger partial charge on any atom is 0.407 e. The number of halogens is 1. The highest BCUT2D eigenvalue weighted by Gasteiger charge is 2.28. The number of carbonyl (C=O) groups excluding carboxylic acids is 4. The van der Waals surface area contributed by atoms with Gasteiger partial charge in [-0.3, -0.25) is 9.59 Å². The van der Waals surface area contributed by atoms with Crippen molar-refractivity contribution in [3.63, 3.8) is 0 Å². The number of amides is 4. The number of hydrogen-bond acceptors (Lipinski definition) is 8. The van der Waals surface area contributed by atoms with Crippen LogP contribution in [0.3, 0.4) is 0 Å². The maximum absolute atomic E-state index is 11.7. The Labute approximate surface area is 297 Å². The van der Waals surface area contributed by atoms with Crippen LogP contribution in [0.1, 0.15) is 132 Å². The lowest BCUT2D eigenvalue weighted by atomic mass is 9.90. The number of carbonyl (C=O) groups is 4. The average Bonchev–Trinajstić information content (AvgIpc) is 2.96. The summed E-state index contributed by atoms with van der Waals surface area (Å²) in [6, 6.07) is 2.14. The molecule has 3 aliphatic carbocycles. The van der Waals surface area contributed by atoms with E-state index in [2.05, 4.69) is 16.0 Å². The summed E-state index contributed by atoms with van der Waals surface area (Å²) >= 11 is 0. The Morgan fingerprint density at radius 2 is 0.875 bits per heavy atom. The number of alkyl carbamates (subject to hydrolysis) is 2. The summed E-state index contributed by atoms with van der Waals surface area (Å²) in [5, 5.41) is 9.10. The lowest BCUT2D eigenvalue weighted by Gasteiger charge is -2.34. The number of nitrogens with zero attached hydrogens (tertiary/aromatic N) is 2. The summed E-state index contributed by atoms with van der Waals surface area (Å²) in [6.45, 7) is 14.4. The lowest BCUT2D eigenvalue weighted by molar-refractivity contribution is -0.131. The second kappa shape index (κ2) is 21.7. The van der Waals surface area contributed by atoms with E-state index in [0.29, 0.717) is 24.2 Å². The van der Waals surface area contributed by atoms with Gasteiger partial charge in [0.25, 0.3) is 0 Å². The predicted molar refractivity (Wildman–Crippen MR) is 194 cm³/mol. The summed E-state index contributed by atoms with van der Waals surface area (Å²) in [4.78, 5) is 49.1. The molecule has 0 aliphatic heterocycles. The van der Waals surface area contributed by atoms with Gasteiger partial charge < -0.3 is 41.0 Å². The van der Waals surface area contributed by atoms with Crippen molar-refractivity contribution in [3.05, 3.63) is 0 Å². The van der Waals surface area contributed by atoms with Crippen LogP contribution >= 0.6 is 12.4 Å². The van der Waals surface area contributed by atoms with Crippen molar-refractivity contribution < 1.29 is 28.7 Å². The molecule has 0 heterocycles. The third kappa shape index (κ3) is 19.6. The van der Waals surface area contributed by atoms with Crippen molar-refractivity contribution in [1.29, 1.82) is 0 Å². The van der Waals surface area contributed by atoms with Crippen LogP contribution in [0.5, 0.6) is 0 Å². The number of ether oxygens (including phenoxy) is 2. The number of nitrogens with two attached hydrogens (primary N) is 1. The van der Waals surface area contributed by atoms with Crippen LogP contribution < -0.4 is 21.7 Å². The molecule has 13 heteroatoms. The summed E-state index contributed by atoms with van der Waals surface area (Å²) < 4.78 is 10.5. The minimum Gasteiger partial charge on any atom is -0.444 e. The van der Waals surface area contributed by atoms with Crippen molar-refractivity contribution in [2.75, 3.05) is 21.1 Å². The molecule has 0 aromatic rings. The lowest BCUT2D eigenvalue weighted by Crippen LogP contribution is -2.45. The Morgan fingerprint density at radius 3 is 1.17 bits per heavy atom. The largest absolute Gasteiger partial charge is 0.444 e. The van der Waals surface area contributed by atoms with Gasteiger partial charge in [0.1, 0.15) is 11.2 Å². The van der Waals surface area contributed by atoms with Crippen LogP contribution in [0.25, 0.3) is 0 Å². The molecule has 282 valence electrons. The Balaban J connectivity index is 0.000000700. The summed E-state index contributed by atoms with van der Waals surface area (Å²) in [5.41, 5.74) is 4.90. The second-order valence-corrected chi connectivity index (χ2v) is 15.5. The van der Waals surface area contributed by atoms with Crippen LogP contribution in [0.15, 0.2) is 0 Å². The standard InChI is InChI=1S/C14H26N2O3.C12H24N2O2.C9H18N2O.ClH/c1-10(17)16(5)12-8-6-11(7-9-12)15-13(18)19-14(2,3)4;1-12(2,3)16-11(15)14-10-7-5-9(13-4)6-8-10;1-7(12)11(2)9-5-3-8(10)4-6-9;/h11-12H,6-9H2,1-5H3,(H,15,18);9-10,13H,5-8H2,1-4H3,(H,14,15);8-9H,3-6,10H2,1-2H3;1H. The molecule has 48 heavy (non-hydrogen) atoms. The monoisotopic (exact) mass is 704 g/mol. The first-order valence-electron chi connectivity index (χ1n) is 17.6. The number of nitrogens with one attached hydrogen (secondary N) is 3. The predicted octanol–water partition coefficient (Wildman–Crippen LogP) is 5.50. The number of rotatable bonds is 5. The Morgan fingerprint density at radius 1 is 0.583 bits per heavy atom. The van der Waals surface area contributed by atoms with Crippen LogP contribution in [-0.4, -0.2) is 102 Å². The van der Waals surface area contributed by atoms with Gasteiger partial charge in [-0.1, -0.05) is 0 Å². The van der Waals surface area contributed by atoms with Crippen molar-refractivity contribution >= 4 is 36.4 Å². The van der Waals surface area contributed by atoms with Crippen LogP contribution in [0, 0.1) is 0 Å². The molecular weight excluding hydrogens is 636 g/mol. The summed E-state index contributed by atoms with van der Waals surface area (Å²) in [5.74, 6) is 0.263. The van der Waals surface area contributed by atoms with Crippen molar-refractivity contribution in [3.8, 4) is 0 Å². The Kier molecular flexibility index (Phi) is 20.7. The molecule has 4 amide bonds. The highest BCUT2D eigenvalue weighted by Crippen LogP contribution is 2.23. The van der Waals surface area contributed by atoms with Crippen molar-refractivity contribution in [1.82, 2.24) is 25.8 Å². The first-order chi connectivity index (χ1) is 21.7. The quantitative estimate of drug-likeness (QED) is 0.293. The maximum atomic E-state index is 11.7. The molecule has 0 bridgehead atoms. The highest BCUT2D eigenvalue weighted by molar-refractivity contribution is 5.85. The molecule has 0 spiro atoms. The van der Waals surface area contributed by atoms with E-state index >= 15 is 0 Å². The van der Waals surface area contributed by atoms with Crippen molar-refractivity contribution in [2.24, 2.45) is 5.73 Å². The molecule has 3 fully saturated rings. The fourth-order valence-electron chi connectivity index (χ4n) is 6.09. The molecule has 0 unspecified atom stereocenters. The highest BCUT2D eigenvalue weighted by atomic mass is 35.5. The molecule has 0 radical (unpaired) electrons. The third-order valence-electron chi connectivity index (χ3n) is 9.10. The van der Waals surface area contributed by atoms with Gasteiger partial charge in [0, 0.05) is 64.2 Å². The zero-order valence-electron chi connectivity index (χ0n) is 31.8. The van der Waals surface area contributed by atoms with Crippen LogP contribution in [-0.2, 0) is 19.1 Å². The van der Waals surface area contributed by atoms with E-state index in [0.717, 1.165) is 77.0 Å². The Hall–Kier alpha value is -2.31. The zero-order chi connectivity index (χ0) is 35.9. The molecule has 12 nitrogen and oxygen atoms in total. The molecule has 5 N–H and O–H groups in total. The third-order valence-corrected chi connectivity index (χ3v) is 9.10. The van der Waals surface area contributed by atoms with Crippen LogP contribution in [0.4, 0.5) is 9.59 Å². The van der Waals surface area contributed by atoms with Gasteiger partial charge in [-0.15, -0.1) is 12.4 Å². The van der Waals surface area contributed by atoms with Gasteiger partial charge in [0.15, 0.2) is 0 Å².